The summed E-state index contributed by atoms with van der Waals surface area (Å²) in [7, 11) is -6.00. The summed E-state index contributed by atoms with van der Waals surface area (Å²) in [5.74, 6) is 0. The van der Waals surface area contributed by atoms with Gasteiger partial charge in [-0.2, -0.15) is 4.57 Å². The second-order valence-corrected chi connectivity index (χ2v) is 8.01. The van der Waals surface area contributed by atoms with E-state index in [4.69, 9.17) is 0 Å². The topological polar surface area (TPSA) is 16.8 Å². The molecule has 0 amide bonds. The molecule has 0 atom stereocenters. The van der Waals surface area contributed by atoms with Gasteiger partial charge >= 0.3 is 7.25 Å². The Morgan fingerprint density at radius 2 is 0.944 bits per heavy atom. The number of halogens is 4. The summed E-state index contributed by atoms with van der Waals surface area (Å²) in [6.45, 7) is 0.699. The smallest absolute Gasteiger partial charge is 0.418 e. The van der Waals surface area contributed by atoms with Gasteiger partial charge in [-0.15, -0.1) is 0 Å². The van der Waals surface area contributed by atoms with Crippen molar-refractivity contribution in [2.24, 2.45) is 0 Å². The molecule has 2 aromatic heterocycles. The lowest BCUT2D eigenvalue weighted by atomic mass is 9.99. The fraction of sp³-hybridized carbons (Fsp3) is 0.0345. The van der Waals surface area contributed by atoms with E-state index in [0.717, 1.165) is 5.69 Å². The Morgan fingerprint density at radius 1 is 0.528 bits per heavy atom. The van der Waals surface area contributed by atoms with E-state index in [1.165, 1.54) is 33.6 Å². The van der Waals surface area contributed by atoms with Crippen molar-refractivity contribution in [3.63, 3.8) is 0 Å². The summed E-state index contributed by atoms with van der Waals surface area (Å²) < 4.78 is 41.4. The molecule has 0 bridgehead atoms. The molecule has 2 heterocycles. The van der Waals surface area contributed by atoms with E-state index in [1.54, 1.807) is 0 Å². The average molecular weight is 486 g/mol. The molecule has 36 heavy (non-hydrogen) atoms. The van der Waals surface area contributed by atoms with E-state index in [-0.39, 0.29) is 0 Å². The van der Waals surface area contributed by atoms with Crippen molar-refractivity contribution in [3.05, 3.63) is 133 Å². The highest BCUT2D eigenvalue weighted by molar-refractivity contribution is 6.50. The molecule has 2 nitrogen and oxygen atoms in total. The van der Waals surface area contributed by atoms with Gasteiger partial charge in [0.05, 0.1) is 0 Å². The van der Waals surface area contributed by atoms with Gasteiger partial charge in [0.25, 0.3) is 0 Å². The molecule has 5 aromatic rings. The molecule has 0 spiro atoms. The Bertz CT molecular complexity index is 1310. The summed E-state index contributed by atoms with van der Waals surface area (Å²) in [5.41, 5.74) is 8.17. The van der Waals surface area contributed by atoms with Crippen LogP contribution in [0.25, 0.3) is 33.6 Å². The van der Waals surface area contributed by atoms with Gasteiger partial charge in [-0.05, 0) is 47.5 Å². The zero-order valence-corrected chi connectivity index (χ0v) is 19.3. The lowest BCUT2D eigenvalue weighted by Crippen LogP contribution is -2.40. The van der Waals surface area contributed by atoms with Gasteiger partial charge < -0.3 is 17.3 Å². The van der Waals surface area contributed by atoms with E-state index in [9.17, 15) is 17.3 Å². The SMILES string of the molecule is F[B-](F)(F)F.c1ccc(-c2cc(-c3ccccc3)[n+](Cc3ccccn3)c(-c3ccccc3)c2)cc1. The number of nitrogens with zero attached hydrogens (tertiary/aromatic N) is 2. The van der Waals surface area contributed by atoms with Crippen molar-refractivity contribution in [2.45, 2.75) is 6.54 Å². The second-order valence-electron chi connectivity index (χ2n) is 8.01. The molecule has 0 saturated carbocycles. The molecule has 180 valence electrons. The molecule has 0 unspecified atom stereocenters. The number of hydrogen-bond acceptors (Lipinski definition) is 1. The molecular formula is C29H23BF4N2. The largest absolute Gasteiger partial charge is 0.673 e. The van der Waals surface area contributed by atoms with Crippen molar-refractivity contribution < 1.29 is 21.8 Å². The fourth-order valence-corrected chi connectivity index (χ4v) is 3.94. The van der Waals surface area contributed by atoms with Crippen LogP contribution in [0.1, 0.15) is 5.69 Å². The van der Waals surface area contributed by atoms with Crippen molar-refractivity contribution in [2.75, 3.05) is 0 Å². The molecule has 0 aliphatic rings. The van der Waals surface area contributed by atoms with Crippen LogP contribution in [0, 0.1) is 0 Å². The van der Waals surface area contributed by atoms with Gasteiger partial charge in [-0.25, -0.2) is 0 Å². The summed E-state index contributed by atoms with van der Waals surface area (Å²) in [5, 5.41) is 0. The molecule has 0 radical (unpaired) electrons. The van der Waals surface area contributed by atoms with E-state index in [0.29, 0.717) is 6.54 Å². The Morgan fingerprint density at radius 3 is 1.36 bits per heavy atom. The van der Waals surface area contributed by atoms with Gasteiger partial charge in [0, 0.05) is 29.5 Å². The quantitative estimate of drug-likeness (QED) is 0.141. The van der Waals surface area contributed by atoms with Crippen molar-refractivity contribution in [1.82, 2.24) is 4.98 Å². The van der Waals surface area contributed by atoms with Crippen molar-refractivity contribution in [3.8, 4) is 33.6 Å². The van der Waals surface area contributed by atoms with Crippen molar-refractivity contribution in [1.29, 1.82) is 0 Å². The van der Waals surface area contributed by atoms with Crippen LogP contribution in [0.4, 0.5) is 17.3 Å². The molecule has 5 rings (SSSR count). The molecule has 0 fully saturated rings. The maximum absolute atomic E-state index is 9.75. The Kier molecular flexibility index (Phi) is 7.90. The Hall–Kier alpha value is -4.26. The standard InChI is InChI=1S/C29H23N2.BF4/c1-4-12-23(13-5-1)26-20-28(24-14-6-2-7-15-24)31(22-27-18-10-11-19-30-27)29(21-26)25-16-8-3-9-17-25;2-1(3,4)5/h1-21H,22H2;/q+1;-1. The first kappa shape index (κ1) is 24.9. The zero-order valence-electron chi connectivity index (χ0n) is 19.3. The van der Waals surface area contributed by atoms with Gasteiger partial charge in [-0.3, -0.25) is 4.98 Å². The summed E-state index contributed by atoms with van der Waals surface area (Å²) in [4.78, 5) is 4.60. The van der Waals surface area contributed by atoms with Gasteiger partial charge in [0.2, 0.25) is 11.4 Å². The van der Waals surface area contributed by atoms with Crippen LogP contribution in [-0.2, 0) is 6.54 Å². The minimum atomic E-state index is -6.00. The minimum Gasteiger partial charge on any atom is -0.418 e. The maximum atomic E-state index is 9.75. The highest BCUT2D eigenvalue weighted by Gasteiger charge is 2.23. The molecule has 0 N–H and O–H groups in total. The monoisotopic (exact) mass is 486 g/mol. The highest BCUT2D eigenvalue weighted by Crippen LogP contribution is 2.29. The first-order valence-electron chi connectivity index (χ1n) is 11.4. The lowest BCUT2D eigenvalue weighted by Gasteiger charge is -2.13. The fourth-order valence-electron chi connectivity index (χ4n) is 3.94. The molecule has 0 aliphatic carbocycles. The number of rotatable bonds is 5. The highest BCUT2D eigenvalue weighted by atomic mass is 19.5. The third kappa shape index (κ3) is 6.89. The second kappa shape index (κ2) is 11.4. The van der Waals surface area contributed by atoms with E-state index in [1.807, 2.05) is 18.3 Å². The van der Waals surface area contributed by atoms with Crippen LogP contribution >= 0.6 is 0 Å². The van der Waals surface area contributed by atoms with Crippen molar-refractivity contribution >= 4 is 7.25 Å². The zero-order chi connectivity index (χ0) is 25.4. The lowest BCUT2D eigenvalue weighted by molar-refractivity contribution is -0.667. The molecule has 0 aliphatic heterocycles. The van der Waals surface area contributed by atoms with E-state index >= 15 is 0 Å². The molecule has 3 aromatic carbocycles. The van der Waals surface area contributed by atoms with Crippen LogP contribution in [0.3, 0.4) is 0 Å². The summed E-state index contributed by atoms with van der Waals surface area (Å²) >= 11 is 0. The minimum absolute atomic E-state index is 0.699. The maximum Gasteiger partial charge on any atom is 0.673 e. The van der Waals surface area contributed by atoms with Gasteiger partial charge in [0.15, 0.2) is 6.54 Å². The number of aromatic nitrogens is 2. The van der Waals surface area contributed by atoms with Crippen LogP contribution in [0.5, 0.6) is 0 Å². The molecule has 7 heteroatoms. The number of hydrogen-bond donors (Lipinski definition) is 0. The average Bonchev–Trinajstić information content (AvgIpc) is 2.90. The summed E-state index contributed by atoms with van der Waals surface area (Å²) in [6.07, 6.45) is 1.86. The van der Waals surface area contributed by atoms with Gasteiger partial charge in [-0.1, -0.05) is 72.8 Å². The first-order valence-corrected chi connectivity index (χ1v) is 11.4. The number of pyridine rings is 2. The predicted molar refractivity (Wildman–Crippen MR) is 136 cm³/mol. The summed E-state index contributed by atoms with van der Waals surface area (Å²) in [6, 6.07) is 42.5. The Balaban J connectivity index is 0.000000556. The van der Waals surface area contributed by atoms with Gasteiger partial charge in [0.1, 0.15) is 5.69 Å². The predicted octanol–water partition coefficient (Wildman–Crippen LogP) is 7.72. The third-order valence-electron chi connectivity index (χ3n) is 5.46. The van der Waals surface area contributed by atoms with Crippen LogP contribution in [0.2, 0.25) is 0 Å². The molecule has 0 saturated heterocycles. The van der Waals surface area contributed by atoms with E-state index < -0.39 is 7.25 Å². The van der Waals surface area contributed by atoms with E-state index in [2.05, 4.69) is 119 Å². The van der Waals surface area contributed by atoms with Crippen LogP contribution in [-0.4, -0.2) is 12.2 Å². The Labute approximate surface area is 207 Å². The van der Waals surface area contributed by atoms with Crippen LogP contribution < -0.4 is 4.57 Å². The van der Waals surface area contributed by atoms with Crippen LogP contribution in [0.15, 0.2) is 128 Å². The third-order valence-corrected chi connectivity index (χ3v) is 5.46. The number of benzene rings is 3. The first-order chi connectivity index (χ1) is 17.4. The normalized spacial score (nSPS) is 10.9. The molecular weight excluding hydrogens is 463 g/mol.